The molecule has 0 spiro atoms. The molecule has 0 saturated carbocycles. The van der Waals surface area contributed by atoms with Gasteiger partial charge in [-0.05, 0) is 24.6 Å². The smallest absolute Gasteiger partial charge is 0.251 e. The second-order valence-corrected chi connectivity index (χ2v) is 6.39. The summed E-state index contributed by atoms with van der Waals surface area (Å²) >= 11 is 1.51. The molecular formula is C19H18N2O2S. The van der Waals surface area contributed by atoms with Crippen molar-refractivity contribution in [3.63, 3.8) is 0 Å². The molecule has 2 aromatic carbocycles. The fourth-order valence-corrected chi connectivity index (χ4v) is 3.09. The third-order valence-electron chi connectivity index (χ3n) is 3.36. The fraction of sp³-hybridized carbons (Fsp3) is 0.158. The predicted octanol–water partition coefficient (Wildman–Crippen LogP) is 3.95. The monoisotopic (exact) mass is 338 g/mol. The summed E-state index contributed by atoms with van der Waals surface area (Å²) in [4.78, 5) is 19.1. The average molecular weight is 338 g/mol. The lowest BCUT2D eigenvalue weighted by Crippen LogP contribution is -2.11. The second kappa shape index (κ2) is 7.84. The van der Waals surface area contributed by atoms with Crippen LogP contribution in [0.15, 0.2) is 70.6 Å². The van der Waals surface area contributed by atoms with E-state index in [9.17, 15) is 4.79 Å². The highest BCUT2D eigenvalue weighted by atomic mass is 32.2. The highest BCUT2D eigenvalue weighted by Crippen LogP contribution is 2.19. The van der Waals surface area contributed by atoms with Crippen LogP contribution in [0.1, 0.15) is 16.8 Å². The Balaban J connectivity index is 1.66. The third kappa shape index (κ3) is 4.73. The van der Waals surface area contributed by atoms with E-state index in [0.717, 1.165) is 11.5 Å². The summed E-state index contributed by atoms with van der Waals surface area (Å²) in [5.41, 5.74) is 2.88. The molecule has 3 rings (SSSR count). The number of benzene rings is 2. The molecule has 0 radical (unpaired) electrons. The maximum atomic E-state index is 11.8. The van der Waals surface area contributed by atoms with Crippen LogP contribution in [0, 0.1) is 6.92 Å². The molecule has 1 aromatic heterocycles. The fourth-order valence-electron chi connectivity index (χ4n) is 2.25. The Morgan fingerprint density at radius 3 is 2.71 bits per heavy atom. The first kappa shape index (κ1) is 16.3. The van der Waals surface area contributed by atoms with Crippen LogP contribution in [0.5, 0.6) is 5.75 Å². The highest BCUT2D eigenvalue weighted by Gasteiger charge is 2.04. The number of para-hydroxylation sites is 1. The van der Waals surface area contributed by atoms with Crippen molar-refractivity contribution < 1.29 is 4.74 Å². The molecule has 3 aromatic rings. The van der Waals surface area contributed by atoms with E-state index in [1.165, 1.54) is 29.0 Å². The van der Waals surface area contributed by atoms with Crippen LogP contribution in [0.2, 0.25) is 0 Å². The lowest BCUT2D eigenvalue weighted by Gasteiger charge is -2.07. The van der Waals surface area contributed by atoms with Gasteiger partial charge in [-0.25, -0.2) is 4.98 Å². The summed E-state index contributed by atoms with van der Waals surface area (Å²) in [6.07, 6.45) is 0. The number of rotatable bonds is 6. The van der Waals surface area contributed by atoms with E-state index < -0.39 is 0 Å². The number of hydrogen-bond donors (Lipinski definition) is 1. The van der Waals surface area contributed by atoms with E-state index in [0.29, 0.717) is 10.9 Å². The lowest BCUT2D eigenvalue weighted by molar-refractivity contribution is 0.299. The Hall–Kier alpha value is -2.53. The highest BCUT2D eigenvalue weighted by molar-refractivity contribution is 7.98. The molecule has 4 nitrogen and oxygen atoms in total. The maximum absolute atomic E-state index is 11.8. The molecule has 0 atom stereocenters. The average Bonchev–Trinajstić information content (AvgIpc) is 2.59. The van der Waals surface area contributed by atoms with E-state index in [1.54, 1.807) is 0 Å². The zero-order chi connectivity index (χ0) is 16.8. The van der Waals surface area contributed by atoms with Gasteiger partial charge in [0.25, 0.3) is 5.56 Å². The van der Waals surface area contributed by atoms with Crippen molar-refractivity contribution in [3.8, 4) is 5.75 Å². The summed E-state index contributed by atoms with van der Waals surface area (Å²) in [7, 11) is 0. The Morgan fingerprint density at radius 2 is 1.92 bits per heavy atom. The molecule has 5 heteroatoms. The van der Waals surface area contributed by atoms with E-state index >= 15 is 0 Å². The van der Waals surface area contributed by atoms with Gasteiger partial charge in [0, 0.05) is 11.8 Å². The summed E-state index contributed by atoms with van der Waals surface area (Å²) < 4.78 is 5.66. The van der Waals surface area contributed by atoms with Gasteiger partial charge >= 0.3 is 0 Å². The molecule has 0 aliphatic carbocycles. The summed E-state index contributed by atoms with van der Waals surface area (Å²) in [5, 5.41) is 0.607. The first-order chi connectivity index (χ1) is 11.7. The summed E-state index contributed by atoms with van der Waals surface area (Å²) in [5.74, 6) is 1.52. The van der Waals surface area contributed by atoms with Gasteiger partial charge in [0.1, 0.15) is 12.4 Å². The van der Waals surface area contributed by atoms with Crippen LogP contribution < -0.4 is 10.3 Å². The van der Waals surface area contributed by atoms with Crippen LogP contribution in [0.4, 0.5) is 0 Å². The molecule has 1 N–H and O–H groups in total. The second-order valence-electron chi connectivity index (χ2n) is 5.42. The Morgan fingerprint density at radius 1 is 1.08 bits per heavy atom. The minimum Gasteiger partial charge on any atom is -0.487 e. The van der Waals surface area contributed by atoms with E-state index in [2.05, 4.69) is 35.1 Å². The SMILES string of the molecule is Cc1cccc(CSc2nc(COc3ccccc3)cc(=O)[nH]2)c1. The Labute approximate surface area is 144 Å². The van der Waals surface area contributed by atoms with Crippen molar-refractivity contribution in [2.45, 2.75) is 24.4 Å². The summed E-state index contributed by atoms with van der Waals surface area (Å²) in [6, 6.07) is 19.3. The zero-order valence-corrected chi connectivity index (χ0v) is 14.2. The van der Waals surface area contributed by atoms with E-state index in [1.807, 2.05) is 36.4 Å². The van der Waals surface area contributed by atoms with Gasteiger partial charge in [0.2, 0.25) is 0 Å². The van der Waals surface area contributed by atoms with Crippen molar-refractivity contribution in [2.24, 2.45) is 0 Å². The van der Waals surface area contributed by atoms with Crippen molar-refractivity contribution in [2.75, 3.05) is 0 Å². The largest absolute Gasteiger partial charge is 0.487 e. The number of aryl methyl sites for hydroxylation is 1. The van der Waals surface area contributed by atoms with E-state index in [4.69, 9.17) is 4.74 Å². The molecule has 0 amide bonds. The number of ether oxygens (including phenoxy) is 1. The molecule has 0 saturated heterocycles. The van der Waals surface area contributed by atoms with Crippen LogP contribution in [-0.4, -0.2) is 9.97 Å². The molecule has 24 heavy (non-hydrogen) atoms. The number of H-pyrrole nitrogens is 1. The number of nitrogens with one attached hydrogen (secondary N) is 1. The molecule has 0 aliphatic heterocycles. The first-order valence-corrected chi connectivity index (χ1v) is 8.64. The quantitative estimate of drug-likeness (QED) is 0.546. The third-order valence-corrected chi connectivity index (χ3v) is 4.31. The van der Waals surface area contributed by atoms with Gasteiger partial charge in [0.15, 0.2) is 5.16 Å². The first-order valence-electron chi connectivity index (χ1n) is 7.65. The maximum Gasteiger partial charge on any atom is 0.251 e. The molecule has 122 valence electrons. The Bertz CT molecular complexity index is 862. The lowest BCUT2D eigenvalue weighted by atomic mass is 10.2. The molecule has 0 bridgehead atoms. The van der Waals surface area contributed by atoms with Crippen LogP contribution in [0.25, 0.3) is 0 Å². The number of hydrogen-bond acceptors (Lipinski definition) is 4. The van der Waals surface area contributed by atoms with Gasteiger partial charge in [-0.3, -0.25) is 4.79 Å². The van der Waals surface area contributed by atoms with Crippen molar-refractivity contribution in [1.82, 2.24) is 9.97 Å². The van der Waals surface area contributed by atoms with Gasteiger partial charge in [-0.15, -0.1) is 0 Å². The van der Waals surface area contributed by atoms with Crippen molar-refractivity contribution >= 4 is 11.8 Å². The molecule has 1 heterocycles. The normalized spacial score (nSPS) is 10.5. The minimum absolute atomic E-state index is 0.164. The summed E-state index contributed by atoms with van der Waals surface area (Å²) in [6.45, 7) is 2.34. The van der Waals surface area contributed by atoms with Gasteiger partial charge < -0.3 is 9.72 Å². The molecular weight excluding hydrogens is 320 g/mol. The topological polar surface area (TPSA) is 55.0 Å². The Kier molecular flexibility index (Phi) is 5.33. The van der Waals surface area contributed by atoms with Crippen LogP contribution >= 0.6 is 11.8 Å². The molecule has 0 aliphatic rings. The van der Waals surface area contributed by atoms with Crippen molar-refractivity contribution in [3.05, 3.63) is 87.8 Å². The standard InChI is InChI=1S/C19H18N2O2S/c1-14-6-5-7-15(10-14)13-24-19-20-16(11-18(22)21-19)12-23-17-8-3-2-4-9-17/h2-11H,12-13H2,1H3,(H,20,21,22). The van der Waals surface area contributed by atoms with Crippen LogP contribution in [0.3, 0.4) is 0 Å². The van der Waals surface area contributed by atoms with Gasteiger partial charge in [0.05, 0.1) is 5.69 Å². The zero-order valence-electron chi connectivity index (χ0n) is 13.4. The van der Waals surface area contributed by atoms with Gasteiger partial charge in [-0.2, -0.15) is 0 Å². The predicted molar refractivity (Wildman–Crippen MR) is 96.4 cm³/mol. The molecule has 0 fully saturated rings. The number of nitrogens with zero attached hydrogens (tertiary/aromatic N) is 1. The molecule has 0 unspecified atom stereocenters. The van der Waals surface area contributed by atoms with Crippen molar-refractivity contribution in [1.29, 1.82) is 0 Å². The van der Waals surface area contributed by atoms with Gasteiger partial charge in [-0.1, -0.05) is 59.8 Å². The van der Waals surface area contributed by atoms with E-state index in [-0.39, 0.29) is 12.2 Å². The minimum atomic E-state index is -0.164. The number of thioether (sulfide) groups is 1. The number of aromatic nitrogens is 2. The van der Waals surface area contributed by atoms with Crippen LogP contribution in [-0.2, 0) is 12.4 Å². The number of aromatic amines is 1.